The van der Waals surface area contributed by atoms with Crippen LogP contribution in [0.4, 0.5) is 0 Å². The summed E-state index contributed by atoms with van der Waals surface area (Å²) in [4.78, 5) is 12.3. The summed E-state index contributed by atoms with van der Waals surface area (Å²) in [5.74, 6) is 0.283. The van der Waals surface area contributed by atoms with E-state index in [9.17, 15) is 4.79 Å². The molecule has 1 aromatic heterocycles. The Morgan fingerprint density at radius 3 is 2.73 bits per heavy atom. The summed E-state index contributed by atoms with van der Waals surface area (Å²) < 4.78 is 12.5. The van der Waals surface area contributed by atoms with Gasteiger partial charge < -0.3 is 14.6 Å². The molecule has 1 unspecified atom stereocenters. The van der Waals surface area contributed by atoms with Crippen LogP contribution in [0.1, 0.15) is 34.1 Å². The van der Waals surface area contributed by atoms with Crippen molar-refractivity contribution in [2.75, 3.05) is 26.4 Å². The number of aliphatic hydroxyl groups excluding tert-OH is 1. The van der Waals surface area contributed by atoms with Gasteiger partial charge in [0.05, 0.1) is 31.6 Å². The molecule has 0 amide bonds. The lowest BCUT2D eigenvalue weighted by Gasteiger charge is -2.27. The fraction of sp³-hybridized carbons (Fsp3) is 0.579. The number of hydrogen-bond acceptors (Lipinski definition) is 5. The van der Waals surface area contributed by atoms with E-state index in [4.69, 9.17) is 26.2 Å². The molecule has 1 aliphatic rings. The average Bonchev–Trinajstić information content (AvgIpc) is 2.57. The maximum atomic E-state index is 12.3. The first kappa shape index (κ1) is 20.7. The second kappa shape index (κ2) is 8.37. The predicted octanol–water partition coefficient (Wildman–Crippen LogP) is 2.93. The largest absolute Gasteiger partial charge is 0.485 e. The summed E-state index contributed by atoms with van der Waals surface area (Å²) in [6.07, 6.45) is 8.45. The molecular formula is C19H27ClN2O4. The van der Waals surface area contributed by atoms with E-state index in [1.54, 1.807) is 0 Å². The SMILES string of the molecule is CC1(COCCO)C=CC(COc2cnn(C(C)(C)C)c(=O)c2Cl)=CC1. The van der Waals surface area contributed by atoms with E-state index in [0.717, 1.165) is 12.0 Å². The molecule has 1 N–H and O–H groups in total. The van der Waals surface area contributed by atoms with Crippen molar-refractivity contribution >= 4 is 11.6 Å². The van der Waals surface area contributed by atoms with Gasteiger partial charge in [0.1, 0.15) is 6.61 Å². The van der Waals surface area contributed by atoms with Gasteiger partial charge in [-0.1, -0.05) is 36.8 Å². The van der Waals surface area contributed by atoms with Crippen LogP contribution in [0.3, 0.4) is 0 Å². The van der Waals surface area contributed by atoms with Crippen molar-refractivity contribution in [1.29, 1.82) is 0 Å². The number of rotatable bonds is 7. The normalized spacial score (nSPS) is 20.2. The lowest BCUT2D eigenvalue weighted by molar-refractivity contribution is 0.0503. The lowest BCUT2D eigenvalue weighted by Crippen LogP contribution is -2.36. The summed E-state index contributed by atoms with van der Waals surface area (Å²) in [6.45, 7) is 8.99. The summed E-state index contributed by atoms with van der Waals surface area (Å²) in [5, 5.41) is 13.0. The second-order valence-corrected chi connectivity index (χ2v) is 8.12. The first-order chi connectivity index (χ1) is 12.2. The Bertz CT molecular complexity index is 749. The van der Waals surface area contributed by atoms with E-state index in [0.29, 0.717) is 19.8 Å². The number of allylic oxidation sites excluding steroid dienone is 1. The van der Waals surface area contributed by atoms with Gasteiger partial charge in [0, 0.05) is 5.41 Å². The summed E-state index contributed by atoms with van der Waals surface area (Å²) in [6, 6.07) is 0. The van der Waals surface area contributed by atoms with Gasteiger partial charge in [-0.05, 0) is 32.8 Å². The maximum Gasteiger partial charge on any atom is 0.289 e. The zero-order chi connectivity index (χ0) is 19.4. The average molecular weight is 383 g/mol. The molecule has 2 rings (SSSR count). The van der Waals surface area contributed by atoms with Crippen molar-refractivity contribution in [2.24, 2.45) is 5.41 Å². The molecule has 26 heavy (non-hydrogen) atoms. The van der Waals surface area contributed by atoms with Gasteiger partial charge >= 0.3 is 0 Å². The van der Waals surface area contributed by atoms with Crippen molar-refractivity contribution < 1.29 is 14.6 Å². The van der Waals surface area contributed by atoms with Gasteiger partial charge in [-0.25, -0.2) is 4.68 Å². The number of nitrogens with zero attached hydrogens (tertiary/aromatic N) is 2. The minimum absolute atomic E-state index is 0.0253. The van der Waals surface area contributed by atoms with Gasteiger partial charge in [0.2, 0.25) is 0 Å². The van der Waals surface area contributed by atoms with E-state index in [1.807, 2.05) is 26.8 Å². The Morgan fingerprint density at radius 1 is 1.42 bits per heavy atom. The van der Waals surface area contributed by atoms with Gasteiger partial charge in [-0.2, -0.15) is 5.10 Å². The van der Waals surface area contributed by atoms with E-state index >= 15 is 0 Å². The first-order valence-electron chi connectivity index (χ1n) is 8.64. The molecule has 0 spiro atoms. The number of ether oxygens (including phenoxy) is 2. The maximum absolute atomic E-state index is 12.3. The molecule has 1 aromatic rings. The molecule has 0 saturated carbocycles. The van der Waals surface area contributed by atoms with Crippen molar-refractivity contribution in [3.05, 3.63) is 45.4 Å². The fourth-order valence-corrected chi connectivity index (χ4v) is 2.73. The lowest BCUT2D eigenvalue weighted by atomic mass is 9.83. The van der Waals surface area contributed by atoms with Crippen molar-refractivity contribution in [1.82, 2.24) is 9.78 Å². The van der Waals surface area contributed by atoms with Crippen LogP contribution in [0.25, 0.3) is 0 Å². The molecule has 1 heterocycles. The van der Waals surface area contributed by atoms with E-state index in [-0.39, 0.29) is 28.4 Å². The molecule has 6 nitrogen and oxygen atoms in total. The highest BCUT2D eigenvalue weighted by molar-refractivity contribution is 6.31. The summed E-state index contributed by atoms with van der Waals surface area (Å²) in [5.41, 5.74) is 0.0979. The van der Waals surface area contributed by atoms with E-state index in [1.165, 1.54) is 10.9 Å². The first-order valence-corrected chi connectivity index (χ1v) is 9.02. The summed E-state index contributed by atoms with van der Waals surface area (Å²) in [7, 11) is 0. The molecule has 7 heteroatoms. The summed E-state index contributed by atoms with van der Waals surface area (Å²) >= 11 is 6.17. The van der Waals surface area contributed by atoms with E-state index in [2.05, 4.69) is 24.2 Å². The van der Waals surface area contributed by atoms with Crippen LogP contribution in [0.2, 0.25) is 5.02 Å². The van der Waals surface area contributed by atoms with Crippen LogP contribution in [0, 0.1) is 5.41 Å². The zero-order valence-corrected chi connectivity index (χ0v) is 16.5. The van der Waals surface area contributed by atoms with Crippen LogP contribution in [0.5, 0.6) is 5.75 Å². The smallest absolute Gasteiger partial charge is 0.289 e. The van der Waals surface area contributed by atoms with Crippen molar-refractivity contribution in [3.63, 3.8) is 0 Å². The Labute approximate surface area is 159 Å². The molecule has 1 aliphatic carbocycles. The number of aromatic nitrogens is 2. The molecule has 1 atom stereocenters. The van der Waals surface area contributed by atoms with Crippen LogP contribution in [0.15, 0.2) is 34.8 Å². The van der Waals surface area contributed by atoms with Crippen molar-refractivity contribution in [2.45, 2.75) is 39.7 Å². The molecule has 0 radical (unpaired) electrons. The predicted molar refractivity (Wildman–Crippen MR) is 102 cm³/mol. The quantitative estimate of drug-likeness (QED) is 0.734. The van der Waals surface area contributed by atoms with Gasteiger partial charge in [-0.3, -0.25) is 4.79 Å². The number of aliphatic hydroxyl groups is 1. The Kier molecular flexibility index (Phi) is 6.66. The number of hydrogen-bond donors (Lipinski definition) is 1. The Morgan fingerprint density at radius 2 is 2.15 bits per heavy atom. The molecule has 144 valence electrons. The minimum atomic E-state index is -0.448. The van der Waals surface area contributed by atoms with Crippen LogP contribution >= 0.6 is 11.6 Å². The standard InChI is InChI=1S/C19H27ClN2O4/c1-18(2,3)22-17(24)16(20)15(11-21-22)26-12-14-5-7-19(4,8-6-14)13-25-10-9-23/h5-7,11,23H,8-10,12-13H2,1-4H3. The second-order valence-electron chi connectivity index (χ2n) is 7.75. The molecule has 0 saturated heterocycles. The Hall–Kier alpha value is -1.63. The Balaban J connectivity index is 1.98. The fourth-order valence-electron chi connectivity index (χ4n) is 2.55. The third-order valence-electron chi connectivity index (χ3n) is 4.11. The third-order valence-corrected chi connectivity index (χ3v) is 4.46. The van der Waals surface area contributed by atoms with Crippen LogP contribution in [-0.2, 0) is 10.3 Å². The van der Waals surface area contributed by atoms with Crippen molar-refractivity contribution in [3.8, 4) is 5.75 Å². The van der Waals surface area contributed by atoms with Gasteiger partial charge in [0.15, 0.2) is 10.8 Å². The van der Waals surface area contributed by atoms with Gasteiger partial charge in [0.25, 0.3) is 5.56 Å². The molecule has 0 aliphatic heterocycles. The zero-order valence-electron chi connectivity index (χ0n) is 15.8. The monoisotopic (exact) mass is 382 g/mol. The van der Waals surface area contributed by atoms with Crippen LogP contribution in [-0.4, -0.2) is 41.3 Å². The third kappa shape index (κ3) is 5.19. The molecule has 0 fully saturated rings. The highest BCUT2D eigenvalue weighted by Gasteiger charge is 2.23. The van der Waals surface area contributed by atoms with Gasteiger partial charge in [-0.15, -0.1) is 0 Å². The van der Waals surface area contributed by atoms with Crippen LogP contribution < -0.4 is 10.3 Å². The molecule has 0 bridgehead atoms. The highest BCUT2D eigenvalue weighted by atomic mass is 35.5. The highest BCUT2D eigenvalue weighted by Crippen LogP contribution is 2.30. The van der Waals surface area contributed by atoms with E-state index < -0.39 is 5.54 Å². The molecule has 0 aromatic carbocycles. The minimum Gasteiger partial charge on any atom is -0.485 e. The topological polar surface area (TPSA) is 73.6 Å². The number of halogens is 1. The molecular weight excluding hydrogens is 356 g/mol.